The molecule has 5 nitrogen and oxygen atoms in total. The van der Waals surface area contributed by atoms with Crippen molar-refractivity contribution in [2.75, 3.05) is 18.2 Å². The molecule has 2 aromatic carbocycles. The van der Waals surface area contributed by atoms with Gasteiger partial charge in [-0.1, -0.05) is 15.9 Å². The quantitative estimate of drug-likeness (QED) is 0.749. The van der Waals surface area contributed by atoms with E-state index in [0.717, 1.165) is 10.2 Å². The van der Waals surface area contributed by atoms with Gasteiger partial charge in [-0.3, -0.25) is 4.79 Å². The van der Waals surface area contributed by atoms with Crippen LogP contribution in [-0.2, 0) is 0 Å². The first-order valence-corrected chi connectivity index (χ1v) is 6.60. The smallest absolute Gasteiger partial charge is 0.250 e. The van der Waals surface area contributed by atoms with E-state index < -0.39 is 5.91 Å². The van der Waals surface area contributed by atoms with Crippen LogP contribution in [0.5, 0.6) is 5.75 Å². The average Bonchev–Trinajstić information content (AvgIpc) is 2.40. The molecular formula is C14H14BrN3O2. The van der Waals surface area contributed by atoms with E-state index >= 15 is 0 Å². The minimum Gasteiger partial charge on any atom is -0.497 e. The number of nitrogens with two attached hydrogens (primary N) is 2. The third-order valence-electron chi connectivity index (χ3n) is 2.70. The van der Waals surface area contributed by atoms with Gasteiger partial charge in [0.05, 0.1) is 18.4 Å². The van der Waals surface area contributed by atoms with Gasteiger partial charge in [0.1, 0.15) is 5.75 Å². The van der Waals surface area contributed by atoms with Gasteiger partial charge in [0.25, 0.3) is 5.91 Å². The summed E-state index contributed by atoms with van der Waals surface area (Å²) in [6, 6.07) is 10.5. The molecule has 0 saturated heterocycles. The maximum atomic E-state index is 11.4. The van der Waals surface area contributed by atoms with Gasteiger partial charge in [-0.05, 0) is 30.3 Å². The summed E-state index contributed by atoms with van der Waals surface area (Å²) in [6.45, 7) is 0. The lowest BCUT2D eigenvalue weighted by molar-refractivity contribution is 0.100. The van der Waals surface area contributed by atoms with Crippen LogP contribution in [0.3, 0.4) is 0 Å². The number of nitrogens with one attached hydrogen (secondary N) is 1. The van der Waals surface area contributed by atoms with E-state index in [9.17, 15) is 4.79 Å². The van der Waals surface area contributed by atoms with Gasteiger partial charge in [0.15, 0.2) is 0 Å². The molecule has 20 heavy (non-hydrogen) atoms. The zero-order valence-corrected chi connectivity index (χ0v) is 12.4. The fourth-order valence-electron chi connectivity index (χ4n) is 1.78. The van der Waals surface area contributed by atoms with E-state index in [1.54, 1.807) is 25.3 Å². The highest BCUT2D eigenvalue weighted by Crippen LogP contribution is 2.28. The number of nitrogen functional groups attached to an aromatic ring is 1. The summed E-state index contributed by atoms with van der Waals surface area (Å²) >= 11 is 3.39. The van der Waals surface area contributed by atoms with E-state index in [1.165, 1.54) is 0 Å². The van der Waals surface area contributed by atoms with E-state index in [-0.39, 0.29) is 0 Å². The Labute approximate surface area is 125 Å². The Kier molecular flexibility index (Phi) is 4.14. The van der Waals surface area contributed by atoms with Crippen molar-refractivity contribution < 1.29 is 9.53 Å². The normalized spacial score (nSPS) is 10.1. The van der Waals surface area contributed by atoms with Crippen LogP contribution in [0.15, 0.2) is 40.9 Å². The number of carbonyl (C=O) groups excluding carboxylic acids is 1. The molecule has 0 aliphatic heterocycles. The molecule has 0 saturated carbocycles. The zero-order valence-electron chi connectivity index (χ0n) is 10.8. The van der Waals surface area contributed by atoms with Crippen molar-refractivity contribution in [3.05, 3.63) is 46.4 Å². The fraction of sp³-hybridized carbons (Fsp3) is 0.0714. The molecule has 0 spiro atoms. The summed E-state index contributed by atoms with van der Waals surface area (Å²) in [5, 5.41) is 3.13. The summed E-state index contributed by atoms with van der Waals surface area (Å²) in [4.78, 5) is 11.4. The van der Waals surface area contributed by atoms with Gasteiger partial charge in [0, 0.05) is 21.9 Å². The summed E-state index contributed by atoms with van der Waals surface area (Å²) in [6.07, 6.45) is 0. The van der Waals surface area contributed by atoms with E-state index in [1.807, 2.05) is 18.2 Å². The first-order chi connectivity index (χ1) is 9.49. The number of carbonyl (C=O) groups is 1. The number of hydrogen-bond acceptors (Lipinski definition) is 4. The predicted molar refractivity (Wildman–Crippen MR) is 83.3 cm³/mol. The van der Waals surface area contributed by atoms with Crippen LogP contribution in [0, 0.1) is 0 Å². The molecule has 0 radical (unpaired) electrons. The predicted octanol–water partition coefficient (Wildman–Crippen LogP) is 2.88. The number of methoxy groups -OCH3 is 1. The minimum atomic E-state index is -0.540. The molecule has 0 aliphatic rings. The Balaban J connectivity index is 2.39. The van der Waals surface area contributed by atoms with Crippen molar-refractivity contribution in [3.8, 4) is 5.75 Å². The van der Waals surface area contributed by atoms with Crippen molar-refractivity contribution in [2.45, 2.75) is 0 Å². The number of ether oxygens (including phenoxy) is 1. The molecule has 0 aliphatic carbocycles. The number of anilines is 3. The number of amides is 1. The lowest BCUT2D eigenvalue weighted by atomic mass is 10.1. The second-order valence-electron chi connectivity index (χ2n) is 4.17. The molecule has 0 fully saturated rings. The lowest BCUT2D eigenvalue weighted by Crippen LogP contribution is -2.13. The largest absolute Gasteiger partial charge is 0.497 e. The van der Waals surface area contributed by atoms with Crippen LogP contribution in [0.4, 0.5) is 17.1 Å². The number of hydrogen-bond donors (Lipinski definition) is 3. The standard InChI is InChI=1S/C14H14BrN3O2/c1-20-11-5-8(15)4-10(7-11)18-13-3-2-9(16)6-12(13)14(17)19/h2-7,18H,16H2,1H3,(H2,17,19). The molecular weight excluding hydrogens is 322 g/mol. The van der Waals surface area contributed by atoms with Crippen LogP contribution in [0.25, 0.3) is 0 Å². The van der Waals surface area contributed by atoms with Crippen molar-refractivity contribution in [2.24, 2.45) is 5.73 Å². The second kappa shape index (κ2) is 5.83. The molecule has 104 valence electrons. The first-order valence-electron chi connectivity index (χ1n) is 5.80. The Morgan fingerprint density at radius 1 is 1.25 bits per heavy atom. The van der Waals surface area contributed by atoms with Crippen molar-refractivity contribution in [3.63, 3.8) is 0 Å². The average molecular weight is 336 g/mol. The zero-order chi connectivity index (χ0) is 14.7. The molecule has 2 rings (SSSR count). The number of halogens is 1. The minimum absolute atomic E-state index is 0.337. The molecule has 5 N–H and O–H groups in total. The monoisotopic (exact) mass is 335 g/mol. The molecule has 1 amide bonds. The molecule has 0 heterocycles. The third-order valence-corrected chi connectivity index (χ3v) is 3.15. The SMILES string of the molecule is COc1cc(Br)cc(Nc2ccc(N)cc2C(N)=O)c1. The number of primary amides is 1. The van der Waals surface area contributed by atoms with Crippen LogP contribution in [-0.4, -0.2) is 13.0 Å². The molecule has 0 bridgehead atoms. The molecule has 2 aromatic rings. The van der Waals surface area contributed by atoms with Gasteiger partial charge in [-0.25, -0.2) is 0 Å². The topological polar surface area (TPSA) is 90.4 Å². The van der Waals surface area contributed by atoms with E-state index in [2.05, 4.69) is 21.2 Å². The van der Waals surface area contributed by atoms with Gasteiger partial charge in [0.2, 0.25) is 0 Å². The maximum Gasteiger partial charge on any atom is 0.250 e. The van der Waals surface area contributed by atoms with Gasteiger partial charge < -0.3 is 21.5 Å². The van der Waals surface area contributed by atoms with Crippen molar-refractivity contribution in [1.82, 2.24) is 0 Å². The fourth-order valence-corrected chi connectivity index (χ4v) is 2.26. The Morgan fingerprint density at radius 3 is 2.65 bits per heavy atom. The van der Waals surface area contributed by atoms with Crippen LogP contribution in [0.2, 0.25) is 0 Å². The van der Waals surface area contributed by atoms with Gasteiger partial charge >= 0.3 is 0 Å². The summed E-state index contributed by atoms with van der Waals surface area (Å²) in [5.41, 5.74) is 13.2. The maximum absolute atomic E-state index is 11.4. The van der Waals surface area contributed by atoms with Gasteiger partial charge in [-0.15, -0.1) is 0 Å². The molecule has 0 atom stereocenters. The number of rotatable bonds is 4. The van der Waals surface area contributed by atoms with Crippen molar-refractivity contribution in [1.29, 1.82) is 0 Å². The van der Waals surface area contributed by atoms with Crippen LogP contribution in [0.1, 0.15) is 10.4 Å². The highest BCUT2D eigenvalue weighted by atomic mass is 79.9. The van der Waals surface area contributed by atoms with Crippen LogP contribution < -0.4 is 21.5 Å². The number of benzene rings is 2. The molecule has 6 heteroatoms. The second-order valence-corrected chi connectivity index (χ2v) is 5.09. The Hall–Kier alpha value is -2.21. The summed E-state index contributed by atoms with van der Waals surface area (Å²) < 4.78 is 6.05. The van der Waals surface area contributed by atoms with Crippen molar-refractivity contribution >= 4 is 38.9 Å². The Bertz CT molecular complexity index is 659. The molecule has 0 aromatic heterocycles. The summed E-state index contributed by atoms with van der Waals surface area (Å²) in [5.74, 6) is 0.153. The highest BCUT2D eigenvalue weighted by molar-refractivity contribution is 9.10. The summed E-state index contributed by atoms with van der Waals surface area (Å²) in [7, 11) is 1.59. The van der Waals surface area contributed by atoms with Gasteiger partial charge in [-0.2, -0.15) is 0 Å². The molecule has 0 unspecified atom stereocenters. The first kappa shape index (κ1) is 14.2. The van der Waals surface area contributed by atoms with E-state index in [4.69, 9.17) is 16.2 Å². The van der Waals surface area contributed by atoms with E-state index in [0.29, 0.717) is 22.7 Å². The third kappa shape index (κ3) is 3.21. The van der Waals surface area contributed by atoms with Crippen LogP contribution >= 0.6 is 15.9 Å². The lowest BCUT2D eigenvalue weighted by Gasteiger charge is -2.12. The Morgan fingerprint density at radius 2 is 2.00 bits per heavy atom. The highest BCUT2D eigenvalue weighted by Gasteiger charge is 2.09.